The standard InChI is InChI=1S/C11H15NO3S2/c13-16-8-6-12(7-9-16)17(14,15)10-11-4-2-1-3-5-11/h1-5H,6-10H2. The van der Waals surface area contributed by atoms with E-state index in [-0.39, 0.29) is 5.75 Å². The molecule has 0 radical (unpaired) electrons. The third-order valence-corrected chi connectivity index (χ3v) is 5.85. The molecule has 2 rings (SSSR count). The molecule has 6 heteroatoms. The summed E-state index contributed by atoms with van der Waals surface area (Å²) >= 11 is 0. The number of hydrogen-bond donors (Lipinski definition) is 0. The number of rotatable bonds is 3. The van der Waals surface area contributed by atoms with Crippen molar-refractivity contribution in [3.8, 4) is 0 Å². The normalized spacial score (nSPS) is 19.3. The molecular weight excluding hydrogens is 258 g/mol. The molecule has 0 amide bonds. The monoisotopic (exact) mass is 273 g/mol. The summed E-state index contributed by atoms with van der Waals surface area (Å²) in [6, 6.07) is 9.13. The maximum Gasteiger partial charge on any atom is 0.218 e. The van der Waals surface area contributed by atoms with Gasteiger partial charge in [0.15, 0.2) is 0 Å². The zero-order valence-corrected chi connectivity index (χ0v) is 11.0. The topological polar surface area (TPSA) is 54.5 Å². The summed E-state index contributed by atoms with van der Waals surface area (Å²) in [5.41, 5.74) is 0.791. The highest BCUT2D eigenvalue weighted by molar-refractivity contribution is 7.88. The first-order chi connectivity index (χ1) is 8.08. The van der Waals surface area contributed by atoms with Crippen LogP contribution in [0.4, 0.5) is 0 Å². The first-order valence-electron chi connectivity index (χ1n) is 5.45. The smallest absolute Gasteiger partial charge is 0.218 e. The Morgan fingerprint density at radius 3 is 2.29 bits per heavy atom. The molecule has 1 aromatic carbocycles. The lowest BCUT2D eigenvalue weighted by molar-refractivity contribution is 0.438. The first kappa shape index (κ1) is 12.7. The van der Waals surface area contributed by atoms with Crippen molar-refractivity contribution < 1.29 is 12.6 Å². The Kier molecular flexibility index (Phi) is 3.96. The molecule has 0 N–H and O–H groups in total. The first-order valence-corrected chi connectivity index (χ1v) is 8.54. The number of sulfonamides is 1. The predicted octanol–water partition coefficient (Wildman–Crippen LogP) is 0.581. The van der Waals surface area contributed by atoms with Crippen LogP contribution in [-0.4, -0.2) is 41.5 Å². The number of hydrogen-bond acceptors (Lipinski definition) is 3. The van der Waals surface area contributed by atoms with Gasteiger partial charge in [0.25, 0.3) is 0 Å². The van der Waals surface area contributed by atoms with Crippen molar-refractivity contribution in [2.45, 2.75) is 5.75 Å². The fraction of sp³-hybridized carbons (Fsp3) is 0.455. The summed E-state index contributed by atoms with van der Waals surface area (Å²) < 4.78 is 36.8. The Balaban J connectivity index is 2.07. The molecule has 0 bridgehead atoms. The third kappa shape index (κ3) is 3.37. The van der Waals surface area contributed by atoms with Gasteiger partial charge in [-0.2, -0.15) is 4.31 Å². The van der Waals surface area contributed by atoms with Crippen LogP contribution in [0, 0.1) is 0 Å². The fourth-order valence-electron chi connectivity index (χ4n) is 1.78. The van der Waals surface area contributed by atoms with Gasteiger partial charge in [0, 0.05) is 35.4 Å². The number of nitrogens with zero attached hydrogens (tertiary/aromatic N) is 1. The number of benzene rings is 1. The Bertz CT molecular complexity index is 489. The Labute approximate surface area is 104 Å². The molecule has 0 spiro atoms. The fourth-order valence-corrected chi connectivity index (χ4v) is 4.59. The van der Waals surface area contributed by atoms with Gasteiger partial charge in [-0.3, -0.25) is 4.21 Å². The largest absolute Gasteiger partial charge is 0.259 e. The van der Waals surface area contributed by atoms with Crippen molar-refractivity contribution in [1.29, 1.82) is 0 Å². The van der Waals surface area contributed by atoms with E-state index in [1.165, 1.54) is 4.31 Å². The van der Waals surface area contributed by atoms with Crippen LogP contribution in [0.15, 0.2) is 30.3 Å². The minimum Gasteiger partial charge on any atom is -0.259 e. The van der Waals surface area contributed by atoms with Gasteiger partial charge in [0.1, 0.15) is 0 Å². The van der Waals surface area contributed by atoms with Crippen molar-refractivity contribution in [2.75, 3.05) is 24.6 Å². The Hall–Kier alpha value is -0.720. The van der Waals surface area contributed by atoms with Crippen molar-refractivity contribution in [3.63, 3.8) is 0 Å². The maximum atomic E-state index is 12.1. The van der Waals surface area contributed by atoms with Crippen LogP contribution < -0.4 is 0 Å². The molecule has 1 saturated heterocycles. The van der Waals surface area contributed by atoms with E-state index in [0.29, 0.717) is 24.6 Å². The van der Waals surface area contributed by atoms with Crippen LogP contribution in [0.5, 0.6) is 0 Å². The molecule has 0 aliphatic carbocycles. The molecule has 4 nitrogen and oxygen atoms in total. The van der Waals surface area contributed by atoms with Crippen molar-refractivity contribution in [2.24, 2.45) is 0 Å². The molecule has 0 unspecified atom stereocenters. The SMILES string of the molecule is O=S1CCN(S(=O)(=O)Cc2ccccc2)CC1. The van der Waals surface area contributed by atoms with E-state index in [4.69, 9.17) is 0 Å². The van der Waals surface area contributed by atoms with E-state index >= 15 is 0 Å². The molecule has 1 heterocycles. The lowest BCUT2D eigenvalue weighted by Crippen LogP contribution is -2.42. The van der Waals surface area contributed by atoms with Gasteiger partial charge in [0.2, 0.25) is 10.0 Å². The summed E-state index contributed by atoms with van der Waals surface area (Å²) in [5, 5.41) is 0. The second-order valence-corrected chi connectivity index (χ2v) is 7.65. The summed E-state index contributed by atoms with van der Waals surface area (Å²) in [4.78, 5) is 0. The average molecular weight is 273 g/mol. The highest BCUT2D eigenvalue weighted by atomic mass is 32.2. The third-order valence-electron chi connectivity index (χ3n) is 2.72. The summed E-state index contributed by atoms with van der Waals surface area (Å²) in [6.45, 7) is 0.754. The lowest BCUT2D eigenvalue weighted by atomic mass is 10.2. The van der Waals surface area contributed by atoms with Gasteiger partial charge < -0.3 is 0 Å². The summed E-state index contributed by atoms with van der Waals surface area (Å²) in [7, 11) is -4.11. The van der Waals surface area contributed by atoms with Crippen LogP contribution in [0.3, 0.4) is 0 Å². The molecule has 1 aliphatic rings. The Morgan fingerprint density at radius 2 is 1.71 bits per heavy atom. The van der Waals surface area contributed by atoms with E-state index in [9.17, 15) is 12.6 Å². The minimum absolute atomic E-state index is 0.0282. The molecule has 1 fully saturated rings. The van der Waals surface area contributed by atoms with Crippen LogP contribution in [0.25, 0.3) is 0 Å². The highest BCUT2D eigenvalue weighted by Gasteiger charge is 2.26. The molecule has 0 saturated carbocycles. The second-order valence-electron chi connectivity index (χ2n) is 3.99. The second kappa shape index (κ2) is 5.29. The van der Waals surface area contributed by atoms with Gasteiger partial charge in [-0.15, -0.1) is 0 Å². The molecule has 17 heavy (non-hydrogen) atoms. The van der Waals surface area contributed by atoms with E-state index in [0.717, 1.165) is 5.56 Å². The lowest BCUT2D eigenvalue weighted by Gasteiger charge is -2.25. The summed E-state index contributed by atoms with van der Waals surface area (Å²) in [6.07, 6.45) is 0. The molecule has 94 valence electrons. The van der Waals surface area contributed by atoms with Crippen molar-refractivity contribution in [3.05, 3.63) is 35.9 Å². The molecule has 1 aliphatic heterocycles. The molecule has 0 aromatic heterocycles. The highest BCUT2D eigenvalue weighted by Crippen LogP contribution is 2.13. The maximum absolute atomic E-state index is 12.1. The van der Waals surface area contributed by atoms with Crippen LogP contribution in [0.1, 0.15) is 5.56 Å². The van der Waals surface area contributed by atoms with E-state index in [1.54, 1.807) is 12.1 Å². The van der Waals surface area contributed by atoms with Gasteiger partial charge >= 0.3 is 0 Å². The van der Waals surface area contributed by atoms with Crippen molar-refractivity contribution in [1.82, 2.24) is 4.31 Å². The molecular formula is C11H15NO3S2. The van der Waals surface area contributed by atoms with Crippen LogP contribution >= 0.6 is 0 Å². The van der Waals surface area contributed by atoms with Gasteiger partial charge in [0.05, 0.1) is 5.75 Å². The average Bonchev–Trinajstić information content (AvgIpc) is 2.30. The predicted molar refractivity (Wildman–Crippen MR) is 68.5 cm³/mol. The Morgan fingerprint density at radius 1 is 1.12 bits per heavy atom. The molecule has 0 atom stereocenters. The quantitative estimate of drug-likeness (QED) is 0.809. The van der Waals surface area contributed by atoms with Crippen molar-refractivity contribution >= 4 is 20.8 Å². The zero-order chi connectivity index (χ0) is 12.3. The minimum atomic E-state index is -3.26. The van der Waals surface area contributed by atoms with E-state index in [1.807, 2.05) is 18.2 Å². The van der Waals surface area contributed by atoms with Gasteiger partial charge in [-0.05, 0) is 5.56 Å². The van der Waals surface area contributed by atoms with E-state index < -0.39 is 20.8 Å². The zero-order valence-electron chi connectivity index (χ0n) is 9.41. The van der Waals surface area contributed by atoms with Crippen LogP contribution in [0.2, 0.25) is 0 Å². The van der Waals surface area contributed by atoms with Gasteiger partial charge in [-0.1, -0.05) is 30.3 Å². The van der Waals surface area contributed by atoms with Crippen LogP contribution in [-0.2, 0) is 26.6 Å². The molecule has 1 aromatic rings. The van der Waals surface area contributed by atoms with E-state index in [2.05, 4.69) is 0 Å². The summed E-state index contributed by atoms with van der Waals surface area (Å²) in [5.74, 6) is 0.933. The van der Waals surface area contributed by atoms with Gasteiger partial charge in [-0.25, -0.2) is 8.42 Å².